The molecule has 10 nitrogen and oxygen atoms in total. The molecule has 0 aliphatic carbocycles. The first kappa shape index (κ1) is 21.9. The van der Waals surface area contributed by atoms with E-state index in [0.717, 1.165) is 0 Å². The Kier molecular flexibility index (Phi) is 8.36. The Bertz CT molecular complexity index is 921. The van der Waals surface area contributed by atoms with E-state index in [9.17, 15) is 24.0 Å². The molecule has 0 radical (unpaired) electrons. The fraction of sp³-hybridized carbons (Fsp3) is 0.150. The summed E-state index contributed by atoms with van der Waals surface area (Å²) < 4.78 is 14.7. The molecule has 0 heterocycles. The molecule has 0 unspecified atom stereocenters. The van der Waals surface area contributed by atoms with Gasteiger partial charge in [-0.05, 0) is 48.5 Å². The lowest BCUT2D eigenvalue weighted by Crippen LogP contribution is -2.19. The Morgan fingerprint density at radius 3 is 1.57 bits per heavy atom. The SMILES string of the molecule is O=C=Nc1ccc(OC(=O)CCC(=O)OCC(=O)Oc2ccc(N=C=O)cc2)cc1. The summed E-state index contributed by atoms with van der Waals surface area (Å²) in [6.07, 6.45) is 2.20. The highest BCUT2D eigenvalue weighted by Gasteiger charge is 2.13. The summed E-state index contributed by atoms with van der Waals surface area (Å²) in [6.45, 7) is -0.638. The van der Waals surface area contributed by atoms with Crippen LogP contribution in [0, 0.1) is 0 Å². The first-order valence-electron chi connectivity index (χ1n) is 8.43. The standard InChI is InChI=1S/C20H14N2O8/c23-12-21-14-1-5-16(6-2-14)29-19(26)10-9-18(25)28-11-20(27)30-17-7-3-15(4-8-17)22-13-24/h1-8H,9-11H2. The highest BCUT2D eigenvalue weighted by atomic mass is 16.6. The fourth-order valence-corrected chi connectivity index (χ4v) is 2.04. The van der Waals surface area contributed by atoms with E-state index in [-0.39, 0.29) is 24.3 Å². The summed E-state index contributed by atoms with van der Waals surface area (Å²) in [7, 11) is 0. The maximum absolute atomic E-state index is 11.7. The number of nitrogens with zero attached hydrogens (tertiary/aromatic N) is 2. The topological polar surface area (TPSA) is 138 Å². The van der Waals surface area contributed by atoms with Crippen LogP contribution in [0.3, 0.4) is 0 Å². The summed E-state index contributed by atoms with van der Waals surface area (Å²) in [6, 6.07) is 11.5. The van der Waals surface area contributed by atoms with Crippen LogP contribution in [0.2, 0.25) is 0 Å². The first-order valence-corrected chi connectivity index (χ1v) is 8.43. The second kappa shape index (κ2) is 11.5. The van der Waals surface area contributed by atoms with Gasteiger partial charge in [0.2, 0.25) is 12.2 Å². The lowest BCUT2D eigenvalue weighted by atomic mass is 10.3. The third-order valence-corrected chi connectivity index (χ3v) is 3.37. The number of hydrogen-bond acceptors (Lipinski definition) is 10. The first-order chi connectivity index (χ1) is 14.5. The van der Waals surface area contributed by atoms with Gasteiger partial charge in [-0.1, -0.05) is 0 Å². The average Bonchev–Trinajstić information content (AvgIpc) is 2.74. The molecule has 0 amide bonds. The molecule has 0 spiro atoms. The number of esters is 3. The second-order valence-corrected chi connectivity index (χ2v) is 5.50. The van der Waals surface area contributed by atoms with E-state index < -0.39 is 24.5 Å². The second-order valence-electron chi connectivity index (χ2n) is 5.50. The van der Waals surface area contributed by atoms with Crippen LogP contribution in [0.4, 0.5) is 11.4 Å². The van der Waals surface area contributed by atoms with Crippen molar-refractivity contribution in [1.29, 1.82) is 0 Å². The smallest absolute Gasteiger partial charge is 0.349 e. The van der Waals surface area contributed by atoms with Gasteiger partial charge in [-0.3, -0.25) is 9.59 Å². The molecule has 0 saturated heterocycles. The number of aliphatic imine (C=N–C) groups is 2. The van der Waals surface area contributed by atoms with Crippen LogP contribution in [0.1, 0.15) is 12.8 Å². The zero-order valence-corrected chi connectivity index (χ0v) is 15.4. The van der Waals surface area contributed by atoms with Crippen LogP contribution in [-0.2, 0) is 28.7 Å². The van der Waals surface area contributed by atoms with Crippen LogP contribution < -0.4 is 9.47 Å². The molecule has 30 heavy (non-hydrogen) atoms. The number of carbonyl (C=O) groups is 3. The van der Waals surface area contributed by atoms with Gasteiger partial charge in [-0.25, -0.2) is 14.4 Å². The Morgan fingerprint density at radius 1 is 0.667 bits per heavy atom. The van der Waals surface area contributed by atoms with E-state index in [1.807, 2.05) is 0 Å². The molecule has 0 bridgehead atoms. The molecule has 2 rings (SSSR count). The van der Waals surface area contributed by atoms with Gasteiger partial charge < -0.3 is 14.2 Å². The van der Waals surface area contributed by atoms with Crippen molar-refractivity contribution < 1.29 is 38.2 Å². The molecule has 152 valence electrons. The van der Waals surface area contributed by atoms with Gasteiger partial charge >= 0.3 is 17.9 Å². The summed E-state index contributed by atoms with van der Waals surface area (Å²) in [4.78, 5) is 62.1. The molecular formula is C20H14N2O8. The van der Waals surface area contributed by atoms with Crippen molar-refractivity contribution in [3.05, 3.63) is 48.5 Å². The van der Waals surface area contributed by atoms with Crippen LogP contribution >= 0.6 is 0 Å². The summed E-state index contributed by atoms with van der Waals surface area (Å²) in [5, 5.41) is 0. The lowest BCUT2D eigenvalue weighted by molar-refractivity contribution is -0.154. The number of benzene rings is 2. The Labute approximate surface area is 169 Å². The molecule has 0 saturated carbocycles. The highest BCUT2D eigenvalue weighted by molar-refractivity contribution is 5.81. The normalized spacial score (nSPS) is 9.47. The van der Waals surface area contributed by atoms with E-state index in [1.165, 1.54) is 60.7 Å². The largest absolute Gasteiger partial charge is 0.454 e. The third-order valence-electron chi connectivity index (χ3n) is 3.37. The van der Waals surface area contributed by atoms with Crippen LogP contribution in [-0.4, -0.2) is 36.7 Å². The minimum Gasteiger partial charge on any atom is -0.454 e. The van der Waals surface area contributed by atoms with Crippen molar-refractivity contribution in [3.8, 4) is 11.5 Å². The average molecular weight is 410 g/mol. The van der Waals surface area contributed by atoms with Crippen molar-refractivity contribution in [1.82, 2.24) is 0 Å². The molecule has 10 heteroatoms. The molecule has 2 aromatic carbocycles. The minimum atomic E-state index is -0.823. The van der Waals surface area contributed by atoms with Crippen molar-refractivity contribution in [2.75, 3.05) is 6.61 Å². The zero-order valence-electron chi connectivity index (χ0n) is 15.4. The Balaban J connectivity index is 1.69. The van der Waals surface area contributed by atoms with Gasteiger partial charge in [0.15, 0.2) is 6.61 Å². The lowest BCUT2D eigenvalue weighted by Gasteiger charge is -2.06. The summed E-state index contributed by atoms with van der Waals surface area (Å²) in [5.74, 6) is -1.90. The number of hydrogen-bond donors (Lipinski definition) is 0. The molecule has 0 aliphatic rings. The van der Waals surface area contributed by atoms with Crippen molar-refractivity contribution in [2.45, 2.75) is 12.8 Å². The van der Waals surface area contributed by atoms with Gasteiger partial charge in [-0.2, -0.15) is 9.98 Å². The molecule has 0 aliphatic heterocycles. The van der Waals surface area contributed by atoms with Crippen molar-refractivity contribution >= 4 is 41.4 Å². The van der Waals surface area contributed by atoms with Gasteiger partial charge in [0.25, 0.3) is 0 Å². The highest BCUT2D eigenvalue weighted by Crippen LogP contribution is 2.19. The number of carbonyl (C=O) groups excluding carboxylic acids is 5. The Hall–Kier alpha value is -4.39. The van der Waals surface area contributed by atoms with Gasteiger partial charge in [0.1, 0.15) is 11.5 Å². The fourth-order valence-electron chi connectivity index (χ4n) is 2.04. The number of rotatable bonds is 9. The van der Waals surface area contributed by atoms with E-state index in [4.69, 9.17) is 14.2 Å². The number of ether oxygens (including phenoxy) is 3. The van der Waals surface area contributed by atoms with Gasteiger partial charge in [-0.15, -0.1) is 0 Å². The monoisotopic (exact) mass is 410 g/mol. The number of isocyanates is 2. The quantitative estimate of drug-likeness (QED) is 0.266. The molecule has 0 N–H and O–H groups in total. The predicted molar refractivity (Wildman–Crippen MR) is 99.9 cm³/mol. The molecule has 0 atom stereocenters. The van der Waals surface area contributed by atoms with Crippen molar-refractivity contribution in [3.63, 3.8) is 0 Å². The van der Waals surface area contributed by atoms with Crippen LogP contribution in [0.5, 0.6) is 11.5 Å². The van der Waals surface area contributed by atoms with E-state index in [1.54, 1.807) is 0 Å². The molecule has 0 aromatic heterocycles. The maximum atomic E-state index is 11.7. The third kappa shape index (κ3) is 7.69. The van der Waals surface area contributed by atoms with E-state index in [2.05, 4.69) is 9.98 Å². The summed E-state index contributed by atoms with van der Waals surface area (Å²) in [5.41, 5.74) is 0.694. The minimum absolute atomic E-state index is 0.175. The molecule has 2 aromatic rings. The molecule has 0 fully saturated rings. The van der Waals surface area contributed by atoms with Crippen LogP contribution in [0.25, 0.3) is 0 Å². The summed E-state index contributed by atoms with van der Waals surface area (Å²) >= 11 is 0. The predicted octanol–water partition coefficient (Wildman–Crippen LogP) is 2.46. The van der Waals surface area contributed by atoms with E-state index >= 15 is 0 Å². The van der Waals surface area contributed by atoms with Crippen molar-refractivity contribution in [2.24, 2.45) is 9.98 Å². The zero-order chi connectivity index (χ0) is 21.8. The Morgan fingerprint density at radius 2 is 1.10 bits per heavy atom. The van der Waals surface area contributed by atoms with Gasteiger partial charge in [0, 0.05) is 0 Å². The maximum Gasteiger partial charge on any atom is 0.349 e. The van der Waals surface area contributed by atoms with E-state index in [0.29, 0.717) is 11.4 Å². The van der Waals surface area contributed by atoms with Crippen LogP contribution in [0.15, 0.2) is 58.5 Å². The molecular weight excluding hydrogens is 396 g/mol. The van der Waals surface area contributed by atoms with Gasteiger partial charge in [0.05, 0.1) is 24.2 Å².